The molecular weight excluding hydrogens is 493 g/mol. The zero-order valence-electron chi connectivity index (χ0n) is 22.7. The lowest BCUT2D eigenvalue weighted by atomic mass is 10.0. The van der Waals surface area contributed by atoms with Crippen molar-refractivity contribution in [3.05, 3.63) is 70.8 Å². The molecule has 8 nitrogen and oxygen atoms in total. The summed E-state index contributed by atoms with van der Waals surface area (Å²) in [5.74, 6) is 1.14. The number of hydrogen-bond donors (Lipinski definition) is 2. The molecule has 2 aliphatic heterocycles. The first-order valence-electron chi connectivity index (χ1n) is 13.5. The van der Waals surface area contributed by atoms with Crippen molar-refractivity contribution in [1.29, 1.82) is 0 Å². The van der Waals surface area contributed by atoms with Gasteiger partial charge >= 0.3 is 0 Å². The number of fused-ring (bicyclic) bond motifs is 2. The Balaban J connectivity index is 1.43. The van der Waals surface area contributed by atoms with Crippen LogP contribution in [-0.2, 0) is 17.8 Å². The second-order valence-electron chi connectivity index (χ2n) is 10.8. The Labute approximate surface area is 227 Å². The molecule has 2 aliphatic rings. The van der Waals surface area contributed by atoms with Gasteiger partial charge in [0.2, 0.25) is 5.91 Å². The summed E-state index contributed by atoms with van der Waals surface area (Å²) in [5, 5.41) is 1.14. The number of amides is 1. The normalized spacial score (nSPS) is 18.0. The van der Waals surface area contributed by atoms with Crippen molar-refractivity contribution in [3.8, 4) is 11.4 Å². The van der Waals surface area contributed by atoms with Crippen LogP contribution in [0.15, 0.2) is 42.6 Å². The molecule has 9 heteroatoms. The van der Waals surface area contributed by atoms with Crippen LogP contribution in [-0.4, -0.2) is 64.5 Å². The third-order valence-corrected chi connectivity index (χ3v) is 8.11. The minimum absolute atomic E-state index is 0.148. The number of piperazine rings is 1. The number of aromatic amines is 1. The number of carbonyl (C=O) groups excluding carboxylic acids is 1. The first kappa shape index (κ1) is 25.3. The Bertz CT molecular complexity index is 1560. The summed E-state index contributed by atoms with van der Waals surface area (Å²) >= 11 is 0. The van der Waals surface area contributed by atoms with Crippen LogP contribution in [0, 0.1) is 19.7 Å². The molecule has 2 aromatic heterocycles. The van der Waals surface area contributed by atoms with Crippen molar-refractivity contribution in [2.24, 2.45) is 5.73 Å². The average Bonchev–Trinajstić information content (AvgIpc) is 3.29. The average molecular weight is 528 g/mol. The highest BCUT2D eigenvalue weighted by Gasteiger charge is 2.31. The van der Waals surface area contributed by atoms with Crippen LogP contribution in [0.2, 0.25) is 0 Å². The molecule has 1 saturated heterocycles. The van der Waals surface area contributed by atoms with Crippen LogP contribution in [0.5, 0.6) is 0 Å². The molecule has 4 aromatic rings. The monoisotopic (exact) mass is 527 g/mol. The maximum atomic E-state index is 13.8. The fourth-order valence-electron chi connectivity index (χ4n) is 6.12. The molecule has 0 radical (unpaired) electrons. The van der Waals surface area contributed by atoms with Gasteiger partial charge in [-0.2, -0.15) is 0 Å². The van der Waals surface area contributed by atoms with E-state index in [9.17, 15) is 9.18 Å². The molecule has 2 aromatic carbocycles. The quantitative estimate of drug-likeness (QED) is 0.408. The lowest BCUT2D eigenvalue weighted by molar-refractivity contribution is -0.119. The van der Waals surface area contributed by atoms with E-state index in [1.165, 1.54) is 6.07 Å². The van der Waals surface area contributed by atoms with E-state index in [0.717, 1.165) is 88.8 Å². The summed E-state index contributed by atoms with van der Waals surface area (Å²) in [4.78, 5) is 32.1. The van der Waals surface area contributed by atoms with Crippen LogP contribution in [0.1, 0.15) is 29.3 Å². The predicted octanol–water partition coefficient (Wildman–Crippen LogP) is 3.94. The Morgan fingerprint density at radius 3 is 2.72 bits per heavy atom. The Morgan fingerprint density at radius 2 is 1.95 bits per heavy atom. The van der Waals surface area contributed by atoms with E-state index in [-0.39, 0.29) is 24.3 Å². The van der Waals surface area contributed by atoms with Gasteiger partial charge < -0.3 is 20.5 Å². The van der Waals surface area contributed by atoms with E-state index in [4.69, 9.17) is 15.7 Å². The Hall–Kier alpha value is -3.98. The number of H-pyrrole nitrogens is 1. The number of carbonyl (C=O) groups is 1. The van der Waals surface area contributed by atoms with Crippen LogP contribution in [0.25, 0.3) is 22.3 Å². The fraction of sp³-hybridized carbons (Fsp3) is 0.367. The topological polar surface area (TPSA) is 94.4 Å². The number of nitrogens with two attached hydrogens (primary N) is 1. The van der Waals surface area contributed by atoms with Gasteiger partial charge in [-0.05, 0) is 56.2 Å². The molecule has 0 bridgehead atoms. The van der Waals surface area contributed by atoms with Gasteiger partial charge in [-0.15, -0.1) is 0 Å². The first-order chi connectivity index (χ1) is 18.8. The molecule has 202 valence electrons. The lowest BCUT2D eigenvalue weighted by Gasteiger charge is -2.41. The second kappa shape index (κ2) is 9.96. The Kier molecular flexibility index (Phi) is 6.46. The standard InChI is InChI=1S/C30H34FN7O/c1-18-13-21(31)7-8-26(18)37-10-9-24-23(16-37)30(38-12-11-36(17-27(32)39)20(3)15-38)35-29(34-24)22-5-4-6-25-28(22)19(2)14-33-25/h4-8,13-14,20,33H,9-12,15-17H2,1-3H3,(H2,32,39)/t20-/m1/s1. The number of aryl methyl sites for hydroxylation is 2. The van der Waals surface area contributed by atoms with Crippen LogP contribution < -0.4 is 15.5 Å². The molecule has 0 aliphatic carbocycles. The van der Waals surface area contributed by atoms with Gasteiger partial charge in [0.15, 0.2) is 5.82 Å². The second-order valence-corrected chi connectivity index (χ2v) is 10.8. The zero-order valence-corrected chi connectivity index (χ0v) is 22.7. The number of aromatic nitrogens is 3. The van der Waals surface area contributed by atoms with E-state index < -0.39 is 0 Å². The number of hydrogen-bond acceptors (Lipinski definition) is 6. The van der Waals surface area contributed by atoms with Gasteiger partial charge in [-0.3, -0.25) is 9.69 Å². The molecule has 39 heavy (non-hydrogen) atoms. The van der Waals surface area contributed by atoms with Crippen molar-refractivity contribution in [1.82, 2.24) is 19.9 Å². The number of halogens is 1. The van der Waals surface area contributed by atoms with Crippen molar-refractivity contribution >= 4 is 28.3 Å². The molecule has 4 heterocycles. The SMILES string of the molecule is Cc1cc(F)ccc1N1CCc2nc(-c3cccc4[nH]cc(C)c34)nc(N3CCN(CC(N)=O)[C@H](C)C3)c2C1. The smallest absolute Gasteiger partial charge is 0.231 e. The highest BCUT2D eigenvalue weighted by atomic mass is 19.1. The minimum atomic E-state index is -0.308. The third-order valence-electron chi connectivity index (χ3n) is 8.11. The lowest BCUT2D eigenvalue weighted by Crippen LogP contribution is -2.54. The molecule has 0 saturated carbocycles. The van der Waals surface area contributed by atoms with Crippen LogP contribution in [0.4, 0.5) is 15.9 Å². The summed E-state index contributed by atoms with van der Waals surface area (Å²) in [5.41, 5.74) is 12.9. The molecular formula is C30H34FN7O. The minimum Gasteiger partial charge on any atom is -0.369 e. The van der Waals surface area contributed by atoms with Gasteiger partial charge in [0.25, 0.3) is 0 Å². The molecule has 6 rings (SSSR count). The van der Waals surface area contributed by atoms with Crippen LogP contribution in [0.3, 0.4) is 0 Å². The van der Waals surface area contributed by atoms with E-state index in [0.29, 0.717) is 6.54 Å². The predicted molar refractivity (Wildman–Crippen MR) is 152 cm³/mol. The summed E-state index contributed by atoms with van der Waals surface area (Å²) in [6.07, 6.45) is 2.80. The van der Waals surface area contributed by atoms with E-state index in [2.05, 4.69) is 45.7 Å². The number of rotatable bonds is 5. The van der Waals surface area contributed by atoms with Gasteiger partial charge in [0.05, 0.1) is 12.2 Å². The molecule has 0 unspecified atom stereocenters. The fourth-order valence-corrected chi connectivity index (χ4v) is 6.12. The molecule has 1 atom stereocenters. The highest BCUT2D eigenvalue weighted by molar-refractivity contribution is 5.96. The molecule has 3 N–H and O–H groups in total. The molecule has 1 amide bonds. The van der Waals surface area contributed by atoms with Gasteiger partial charge in [0, 0.05) is 79.1 Å². The van der Waals surface area contributed by atoms with Gasteiger partial charge in [-0.1, -0.05) is 12.1 Å². The maximum Gasteiger partial charge on any atom is 0.231 e. The largest absolute Gasteiger partial charge is 0.369 e. The molecule has 0 spiro atoms. The van der Waals surface area contributed by atoms with Gasteiger partial charge in [-0.25, -0.2) is 14.4 Å². The number of benzene rings is 2. The van der Waals surface area contributed by atoms with Crippen molar-refractivity contribution in [3.63, 3.8) is 0 Å². The van der Waals surface area contributed by atoms with Crippen molar-refractivity contribution in [2.45, 2.75) is 39.8 Å². The summed E-state index contributed by atoms with van der Waals surface area (Å²) in [6, 6.07) is 11.3. The first-order valence-corrected chi connectivity index (χ1v) is 13.5. The summed E-state index contributed by atoms with van der Waals surface area (Å²) in [6.45, 7) is 10.1. The van der Waals surface area contributed by atoms with Crippen molar-refractivity contribution < 1.29 is 9.18 Å². The highest BCUT2D eigenvalue weighted by Crippen LogP contribution is 2.36. The summed E-state index contributed by atoms with van der Waals surface area (Å²) in [7, 11) is 0. The van der Waals surface area contributed by atoms with Crippen LogP contribution >= 0.6 is 0 Å². The number of nitrogens with zero attached hydrogens (tertiary/aromatic N) is 5. The van der Waals surface area contributed by atoms with Crippen molar-refractivity contribution in [2.75, 3.05) is 42.5 Å². The number of primary amides is 1. The Morgan fingerprint density at radius 1 is 1.10 bits per heavy atom. The summed E-state index contributed by atoms with van der Waals surface area (Å²) < 4.78 is 13.8. The molecule has 1 fully saturated rings. The van der Waals surface area contributed by atoms with E-state index >= 15 is 0 Å². The van der Waals surface area contributed by atoms with E-state index in [1.807, 2.05) is 25.3 Å². The van der Waals surface area contributed by atoms with Gasteiger partial charge in [0.1, 0.15) is 11.6 Å². The number of nitrogens with one attached hydrogen (secondary N) is 1. The number of anilines is 2. The zero-order chi connectivity index (χ0) is 27.3. The van der Waals surface area contributed by atoms with E-state index in [1.54, 1.807) is 6.07 Å². The third kappa shape index (κ3) is 4.71. The maximum absolute atomic E-state index is 13.8.